The van der Waals surface area contributed by atoms with Gasteiger partial charge in [0, 0.05) is 17.7 Å². The number of esters is 1. The van der Waals surface area contributed by atoms with Crippen LogP contribution in [0.2, 0.25) is 0 Å². The van der Waals surface area contributed by atoms with Crippen molar-refractivity contribution in [3.8, 4) is 0 Å². The Balaban J connectivity index is 1.81. The van der Waals surface area contributed by atoms with E-state index in [0.717, 1.165) is 35.5 Å². The van der Waals surface area contributed by atoms with E-state index in [1.165, 1.54) is 0 Å². The predicted octanol–water partition coefficient (Wildman–Crippen LogP) is 4.67. The number of rotatable bonds is 3. The zero-order valence-corrected chi connectivity index (χ0v) is 23.6. The van der Waals surface area contributed by atoms with Gasteiger partial charge in [0.25, 0.3) is 0 Å². The minimum Gasteiger partial charge on any atom is -0.458 e. The van der Waals surface area contributed by atoms with Crippen molar-refractivity contribution >= 4 is 45.1 Å². The third-order valence-corrected chi connectivity index (χ3v) is 9.23. The van der Waals surface area contributed by atoms with Crippen molar-refractivity contribution in [1.82, 2.24) is 4.98 Å². The molecule has 7 nitrogen and oxygen atoms in total. The molecular formula is C26H38BrNO6S. The van der Waals surface area contributed by atoms with Gasteiger partial charge >= 0.3 is 5.97 Å². The molecule has 35 heavy (non-hydrogen) atoms. The van der Waals surface area contributed by atoms with Crippen molar-refractivity contribution in [3.63, 3.8) is 0 Å². The Hall–Kier alpha value is -1.13. The van der Waals surface area contributed by atoms with E-state index in [2.05, 4.69) is 20.9 Å². The number of Topliss-reactive ketones (excluding diaryl/α,β-unsaturated/α-hetero) is 1. The van der Waals surface area contributed by atoms with Crippen LogP contribution >= 0.6 is 27.3 Å². The molecule has 9 heteroatoms. The van der Waals surface area contributed by atoms with Gasteiger partial charge in [-0.3, -0.25) is 9.59 Å². The standard InChI is InChI=1S/C26H38BrNO6S/c1-14-7-6-8-18-20(33-18)10-19(15(2)9-17-13-35-22(12-27)28-17)34-23(30)11-21(29)26(4,5)25(32)16(3)24(14)31/h9,13-14,16,18-21,24,29,31H,6-8,10-12H2,1-5H3/t14-,16+,18+,19-,20+,21-,24-/m1/s1. The van der Waals surface area contributed by atoms with Crippen molar-refractivity contribution in [1.29, 1.82) is 0 Å². The van der Waals surface area contributed by atoms with E-state index in [0.29, 0.717) is 11.8 Å². The lowest BCUT2D eigenvalue weighted by atomic mass is 9.73. The molecule has 2 N–H and O–H groups in total. The molecule has 1 aromatic rings. The van der Waals surface area contributed by atoms with Crippen molar-refractivity contribution in [2.75, 3.05) is 0 Å². The largest absolute Gasteiger partial charge is 0.458 e. The summed E-state index contributed by atoms with van der Waals surface area (Å²) in [5, 5.41) is 25.2. The zero-order chi connectivity index (χ0) is 25.9. The summed E-state index contributed by atoms with van der Waals surface area (Å²) in [5.74, 6) is -1.53. The Morgan fingerprint density at radius 3 is 2.63 bits per heavy atom. The number of thiazole rings is 1. The van der Waals surface area contributed by atoms with E-state index < -0.39 is 35.6 Å². The number of carbonyl (C=O) groups is 2. The average Bonchev–Trinajstić information content (AvgIpc) is 3.38. The van der Waals surface area contributed by atoms with E-state index in [1.807, 2.05) is 25.3 Å². The molecule has 2 saturated heterocycles. The molecule has 0 saturated carbocycles. The van der Waals surface area contributed by atoms with E-state index >= 15 is 0 Å². The summed E-state index contributed by atoms with van der Waals surface area (Å²) in [5.41, 5.74) is 0.468. The SMILES string of the molecule is CC(=Cc1csc(CBr)n1)[C@H]1C[C@@H]2O[C@H]2CCC[C@@H](C)[C@@H](O)[C@H](C)C(=O)C(C)(C)[C@H](O)CC(=O)O1. The molecule has 3 heterocycles. The fourth-order valence-corrected chi connectivity index (χ4v) is 5.91. The number of nitrogens with zero attached hydrogens (tertiary/aromatic N) is 1. The predicted molar refractivity (Wildman–Crippen MR) is 139 cm³/mol. The van der Waals surface area contributed by atoms with Gasteiger partial charge in [-0.1, -0.05) is 50.0 Å². The number of hydrogen-bond acceptors (Lipinski definition) is 8. The Morgan fingerprint density at radius 2 is 1.97 bits per heavy atom. The van der Waals surface area contributed by atoms with E-state index in [1.54, 1.807) is 32.1 Å². The molecule has 2 aliphatic heterocycles. The molecule has 0 aliphatic carbocycles. The highest BCUT2D eigenvalue weighted by Gasteiger charge is 2.44. The highest BCUT2D eigenvalue weighted by atomic mass is 79.9. The summed E-state index contributed by atoms with van der Waals surface area (Å²) >= 11 is 4.97. The van der Waals surface area contributed by atoms with Crippen LogP contribution < -0.4 is 0 Å². The molecule has 2 fully saturated rings. The first-order valence-electron chi connectivity index (χ1n) is 12.4. The van der Waals surface area contributed by atoms with Gasteiger partial charge in [-0.2, -0.15) is 0 Å². The average molecular weight is 573 g/mol. The molecule has 0 aromatic carbocycles. The lowest BCUT2D eigenvalue weighted by Gasteiger charge is -2.34. The molecule has 0 bridgehead atoms. The minimum absolute atomic E-state index is 0.000289. The first-order valence-corrected chi connectivity index (χ1v) is 14.4. The molecule has 1 aromatic heterocycles. The lowest BCUT2D eigenvalue weighted by Crippen LogP contribution is -2.45. The normalized spacial score (nSPS) is 35.3. The number of fused-ring (bicyclic) bond motifs is 1. The van der Waals surface area contributed by atoms with Crippen LogP contribution in [0.15, 0.2) is 11.0 Å². The second-order valence-electron chi connectivity index (χ2n) is 10.6. The molecule has 3 rings (SSSR count). The Morgan fingerprint density at radius 1 is 1.26 bits per heavy atom. The maximum absolute atomic E-state index is 13.2. The molecule has 196 valence electrons. The Kier molecular flexibility index (Phi) is 9.71. The Bertz CT molecular complexity index is 931. The number of cyclic esters (lactones) is 1. The molecule has 0 unspecified atom stereocenters. The number of aliphatic hydroxyl groups is 2. The highest BCUT2D eigenvalue weighted by molar-refractivity contribution is 9.08. The maximum atomic E-state index is 13.2. The highest BCUT2D eigenvalue weighted by Crippen LogP contribution is 2.36. The second-order valence-corrected chi connectivity index (χ2v) is 12.1. The first-order chi connectivity index (χ1) is 16.4. The van der Waals surface area contributed by atoms with Gasteiger partial charge in [-0.15, -0.1) is 11.3 Å². The van der Waals surface area contributed by atoms with Crippen LogP contribution in [0.4, 0.5) is 0 Å². The monoisotopic (exact) mass is 571 g/mol. The van der Waals surface area contributed by atoms with E-state index in [4.69, 9.17) is 9.47 Å². The quantitative estimate of drug-likeness (QED) is 0.308. The summed E-state index contributed by atoms with van der Waals surface area (Å²) in [6.45, 7) is 8.81. The molecular weight excluding hydrogens is 534 g/mol. The van der Waals surface area contributed by atoms with Gasteiger partial charge < -0.3 is 19.7 Å². The number of hydrogen-bond donors (Lipinski definition) is 2. The maximum Gasteiger partial charge on any atom is 0.309 e. The van der Waals surface area contributed by atoms with Crippen LogP contribution in [0.5, 0.6) is 0 Å². The smallest absolute Gasteiger partial charge is 0.309 e. The summed E-state index contributed by atoms with van der Waals surface area (Å²) in [6, 6.07) is 0. The van der Waals surface area contributed by atoms with Crippen molar-refractivity contribution in [2.24, 2.45) is 17.3 Å². The second kappa shape index (κ2) is 11.9. The molecule has 2 aliphatic rings. The van der Waals surface area contributed by atoms with Crippen LogP contribution in [-0.2, 0) is 24.4 Å². The fourth-order valence-electron chi connectivity index (χ4n) is 4.79. The molecule has 0 radical (unpaired) electrons. The van der Waals surface area contributed by atoms with E-state index in [9.17, 15) is 19.8 Å². The number of aliphatic hydroxyl groups excluding tert-OH is 2. The van der Waals surface area contributed by atoms with Gasteiger partial charge in [-0.05, 0) is 37.3 Å². The molecule has 7 atom stereocenters. The molecule has 0 amide bonds. The Labute approximate surface area is 220 Å². The topological polar surface area (TPSA) is 109 Å². The first kappa shape index (κ1) is 28.4. The van der Waals surface area contributed by atoms with Crippen LogP contribution in [0, 0.1) is 17.3 Å². The van der Waals surface area contributed by atoms with Gasteiger partial charge in [0.1, 0.15) is 16.9 Å². The van der Waals surface area contributed by atoms with Crippen LogP contribution in [0.25, 0.3) is 6.08 Å². The number of halogens is 1. The summed E-state index contributed by atoms with van der Waals surface area (Å²) in [7, 11) is 0. The van der Waals surface area contributed by atoms with Crippen LogP contribution in [0.3, 0.4) is 0 Å². The summed E-state index contributed by atoms with van der Waals surface area (Å²) in [6.07, 6.45) is 2.22. The number of aromatic nitrogens is 1. The van der Waals surface area contributed by atoms with E-state index in [-0.39, 0.29) is 30.3 Å². The minimum atomic E-state index is -1.23. The van der Waals surface area contributed by atoms with Gasteiger partial charge in [0.05, 0.1) is 47.3 Å². The lowest BCUT2D eigenvalue weighted by molar-refractivity contribution is -0.154. The van der Waals surface area contributed by atoms with Crippen LogP contribution in [0.1, 0.15) is 77.4 Å². The third kappa shape index (κ3) is 7.22. The molecule has 0 spiro atoms. The third-order valence-electron chi connectivity index (χ3n) is 7.46. The number of ketones is 1. The van der Waals surface area contributed by atoms with Crippen molar-refractivity contribution in [3.05, 3.63) is 21.7 Å². The number of carbonyl (C=O) groups excluding carboxylic acids is 2. The van der Waals surface area contributed by atoms with Crippen LogP contribution in [-0.4, -0.2) is 57.5 Å². The van der Waals surface area contributed by atoms with Crippen molar-refractivity contribution in [2.45, 2.75) is 103 Å². The van der Waals surface area contributed by atoms with Gasteiger partial charge in [0.15, 0.2) is 0 Å². The van der Waals surface area contributed by atoms with Gasteiger partial charge in [-0.25, -0.2) is 4.98 Å². The number of ether oxygens (including phenoxy) is 2. The summed E-state index contributed by atoms with van der Waals surface area (Å²) in [4.78, 5) is 30.6. The zero-order valence-electron chi connectivity index (χ0n) is 21.2. The van der Waals surface area contributed by atoms with Crippen molar-refractivity contribution < 1.29 is 29.3 Å². The fraction of sp³-hybridized carbons (Fsp3) is 0.731. The number of alkyl halides is 1. The van der Waals surface area contributed by atoms with Gasteiger partial charge in [0.2, 0.25) is 0 Å². The summed E-state index contributed by atoms with van der Waals surface area (Å²) < 4.78 is 11.7. The number of epoxide rings is 1.